The average Bonchev–Trinajstić information content (AvgIpc) is 3.19. The Hall–Kier alpha value is -2.86. The predicted octanol–water partition coefficient (Wildman–Crippen LogP) is 5.84. The first-order chi connectivity index (χ1) is 14.1. The number of methoxy groups -OCH3 is 1. The van der Waals surface area contributed by atoms with Gasteiger partial charge in [-0.3, -0.25) is 0 Å². The number of nitrogens with zero attached hydrogens (tertiary/aromatic N) is 2. The molecule has 3 aromatic rings. The first-order valence-corrected chi connectivity index (χ1v) is 10.1. The molecule has 0 amide bonds. The first kappa shape index (κ1) is 18.2. The smallest absolute Gasteiger partial charge is 0.217 e. The van der Waals surface area contributed by atoms with Crippen LogP contribution in [0.1, 0.15) is 35.4 Å². The maximum Gasteiger partial charge on any atom is 0.217 e. The Morgan fingerprint density at radius 1 is 1.07 bits per heavy atom. The second kappa shape index (κ2) is 7.19. The van der Waals surface area contributed by atoms with Crippen LogP contribution in [0.5, 0.6) is 11.5 Å². The van der Waals surface area contributed by atoms with E-state index in [0.29, 0.717) is 6.42 Å². The van der Waals surface area contributed by atoms with E-state index in [1.807, 2.05) is 41.4 Å². The van der Waals surface area contributed by atoms with Gasteiger partial charge in [-0.25, -0.2) is 9.40 Å². The number of hydrazone groups is 1. The Bertz CT molecular complexity index is 1100. The van der Waals surface area contributed by atoms with E-state index in [-0.39, 0.29) is 11.9 Å². The number of fused-ring (bicyclic) bond motifs is 3. The molecule has 0 bridgehead atoms. The zero-order chi connectivity index (χ0) is 20.0. The van der Waals surface area contributed by atoms with Gasteiger partial charge in [-0.2, -0.15) is 5.10 Å². The Kier molecular flexibility index (Phi) is 4.51. The van der Waals surface area contributed by atoms with Crippen LogP contribution in [0, 0.1) is 5.82 Å². The average molecular weight is 453 g/mol. The fourth-order valence-corrected chi connectivity index (χ4v) is 4.33. The van der Waals surface area contributed by atoms with Gasteiger partial charge in [-0.15, -0.1) is 0 Å². The van der Waals surface area contributed by atoms with E-state index in [1.54, 1.807) is 19.2 Å². The van der Waals surface area contributed by atoms with Crippen molar-refractivity contribution in [2.24, 2.45) is 5.10 Å². The molecule has 2 aliphatic rings. The molecule has 0 saturated heterocycles. The standard InChI is InChI=1S/C23H18BrFN2O2/c1-28-21-5-3-2-4-17(21)23-27-20(18-12-15(24)8-11-22(18)29-23)13-19(26-27)14-6-9-16(25)10-7-14/h2-12,20,23H,13H2,1H3. The van der Waals surface area contributed by atoms with Gasteiger partial charge in [0.1, 0.15) is 17.3 Å². The molecule has 0 N–H and O–H groups in total. The van der Waals surface area contributed by atoms with E-state index in [2.05, 4.69) is 22.0 Å². The zero-order valence-electron chi connectivity index (χ0n) is 15.7. The molecule has 3 aromatic carbocycles. The van der Waals surface area contributed by atoms with Gasteiger partial charge in [-0.1, -0.05) is 40.2 Å². The normalized spacial score (nSPS) is 19.8. The summed E-state index contributed by atoms with van der Waals surface area (Å²) in [6.07, 6.45) is 0.298. The molecular weight excluding hydrogens is 435 g/mol. The maximum atomic E-state index is 13.4. The van der Waals surface area contributed by atoms with Crippen molar-refractivity contribution in [3.63, 3.8) is 0 Å². The van der Waals surface area contributed by atoms with Crippen LogP contribution in [-0.2, 0) is 0 Å². The van der Waals surface area contributed by atoms with Gasteiger partial charge in [0.15, 0.2) is 0 Å². The summed E-state index contributed by atoms with van der Waals surface area (Å²) in [7, 11) is 1.65. The molecule has 146 valence electrons. The van der Waals surface area contributed by atoms with Gasteiger partial charge >= 0.3 is 0 Å². The fourth-order valence-electron chi connectivity index (χ4n) is 3.95. The molecule has 5 rings (SSSR count). The van der Waals surface area contributed by atoms with Gasteiger partial charge < -0.3 is 9.47 Å². The van der Waals surface area contributed by atoms with Crippen LogP contribution in [-0.4, -0.2) is 17.8 Å². The third-order valence-electron chi connectivity index (χ3n) is 5.33. The minimum atomic E-state index is -0.414. The Balaban J connectivity index is 1.62. The molecule has 0 radical (unpaired) electrons. The van der Waals surface area contributed by atoms with Gasteiger partial charge in [0.05, 0.1) is 24.4 Å². The third-order valence-corrected chi connectivity index (χ3v) is 5.83. The lowest BCUT2D eigenvalue weighted by atomic mass is 9.96. The number of ether oxygens (including phenoxy) is 2. The largest absolute Gasteiger partial charge is 0.496 e. The van der Waals surface area contributed by atoms with Crippen molar-refractivity contribution >= 4 is 21.6 Å². The van der Waals surface area contributed by atoms with Crippen LogP contribution in [0.25, 0.3) is 0 Å². The quantitative estimate of drug-likeness (QED) is 0.500. The number of halogens is 2. The van der Waals surface area contributed by atoms with E-state index >= 15 is 0 Å². The van der Waals surface area contributed by atoms with E-state index in [0.717, 1.165) is 38.4 Å². The van der Waals surface area contributed by atoms with Crippen molar-refractivity contribution in [2.45, 2.75) is 18.7 Å². The number of hydrogen-bond acceptors (Lipinski definition) is 4. The highest BCUT2D eigenvalue weighted by molar-refractivity contribution is 9.10. The fraction of sp³-hybridized carbons (Fsp3) is 0.174. The second-order valence-corrected chi connectivity index (χ2v) is 7.96. The first-order valence-electron chi connectivity index (χ1n) is 9.35. The SMILES string of the molecule is COc1ccccc1C1Oc2ccc(Br)cc2C2CC(c3ccc(F)cc3)=NN21. The summed E-state index contributed by atoms with van der Waals surface area (Å²) in [5.41, 5.74) is 3.81. The predicted molar refractivity (Wildman–Crippen MR) is 113 cm³/mol. The minimum absolute atomic E-state index is 0.0196. The topological polar surface area (TPSA) is 34.1 Å². The molecule has 2 atom stereocenters. The summed E-state index contributed by atoms with van der Waals surface area (Å²) in [4.78, 5) is 0. The van der Waals surface area contributed by atoms with Crippen LogP contribution in [0.4, 0.5) is 4.39 Å². The van der Waals surface area contributed by atoms with Crippen molar-refractivity contribution in [2.75, 3.05) is 7.11 Å². The van der Waals surface area contributed by atoms with E-state index in [4.69, 9.17) is 14.6 Å². The lowest BCUT2D eigenvalue weighted by Crippen LogP contribution is -2.34. The highest BCUT2D eigenvalue weighted by Crippen LogP contribution is 2.49. The van der Waals surface area contributed by atoms with Crippen molar-refractivity contribution in [1.82, 2.24) is 5.01 Å². The van der Waals surface area contributed by atoms with Gasteiger partial charge in [0, 0.05) is 16.5 Å². The summed E-state index contributed by atoms with van der Waals surface area (Å²) in [6.45, 7) is 0. The molecule has 0 spiro atoms. The number of para-hydroxylation sites is 1. The number of rotatable bonds is 3. The number of benzene rings is 3. The van der Waals surface area contributed by atoms with Crippen LogP contribution in [0.3, 0.4) is 0 Å². The highest BCUT2D eigenvalue weighted by atomic mass is 79.9. The molecule has 0 aliphatic carbocycles. The van der Waals surface area contributed by atoms with Crippen molar-refractivity contribution in [3.8, 4) is 11.5 Å². The Morgan fingerprint density at radius 3 is 2.66 bits per heavy atom. The lowest BCUT2D eigenvalue weighted by Gasteiger charge is -2.38. The summed E-state index contributed by atoms with van der Waals surface area (Å²) >= 11 is 3.57. The lowest BCUT2D eigenvalue weighted by molar-refractivity contribution is -0.0203. The monoisotopic (exact) mass is 452 g/mol. The minimum Gasteiger partial charge on any atom is -0.496 e. The summed E-state index contributed by atoms with van der Waals surface area (Å²) in [5.74, 6) is 1.33. The van der Waals surface area contributed by atoms with Crippen LogP contribution >= 0.6 is 15.9 Å². The molecule has 0 fully saturated rings. The Labute approximate surface area is 176 Å². The second-order valence-electron chi connectivity index (χ2n) is 7.05. The third kappa shape index (κ3) is 3.17. The zero-order valence-corrected chi connectivity index (χ0v) is 17.3. The molecule has 6 heteroatoms. The summed E-state index contributed by atoms with van der Waals surface area (Å²) < 4.78 is 26.3. The van der Waals surface area contributed by atoms with Gasteiger partial charge in [0.25, 0.3) is 0 Å². The van der Waals surface area contributed by atoms with Crippen molar-refractivity contribution in [3.05, 3.63) is 93.7 Å². The number of hydrogen-bond donors (Lipinski definition) is 0. The molecule has 0 aromatic heterocycles. The van der Waals surface area contributed by atoms with Crippen LogP contribution < -0.4 is 9.47 Å². The summed E-state index contributed by atoms with van der Waals surface area (Å²) in [5, 5.41) is 6.89. The van der Waals surface area contributed by atoms with Crippen LogP contribution in [0.15, 0.2) is 76.3 Å². The van der Waals surface area contributed by atoms with Crippen molar-refractivity contribution < 1.29 is 13.9 Å². The van der Waals surface area contributed by atoms with Crippen molar-refractivity contribution in [1.29, 1.82) is 0 Å². The molecule has 2 aliphatic heterocycles. The molecule has 29 heavy (non-hydrogen) atoms. The molecule has 4 nitrogen and oxygen atoms in total. The highest BCUT2D eigenvalue weighted by Gasteiger charge is 2.42. The summed E-state index contributed by atoms with van der Waals surface area (Å²) in [6, 6.07) is 20.3. The van der Waals surface area contributed by atoms with E-state index in [1.165, 1.54) is 12.1 Å². The molecule has 2 heterocycles. The van der Waals surface area contributed by atoms with Gasteiger partial charge in [0.2, 0.25) is 6.23 Å². The Morgan fingerprint density at radius 2 is 1.86 bits per heavy atom. The molecular formula is C23H18BrFN2O2. The molecule has 0 saturated carbocycles. The molecule has 2 unspecified atom stereocenters. The van der Waals surface area contributed by atoms with E-state index < -0.39 is 6.23 Å². The van der Waals surface area contributed by atoms with E-state index in [9.17, 15) is 4.39 Å². The van der Waals surface area contributed by atoms with Crippen LogP contribution in [0.2, 0.25) is 0 Å². The maximum absolute atomic E-state index is 13.4. The van der Waals surface area contributed by atoms with Gasteiger partial charge in [-0.05, 0) is 48.0 Å².